The van der Waals surface area contributed by atoms with E-state index in [1.165, 1.54) is 0 Å². The van der Waals surface area contributed by atoms with E-state index in [1.54, 1.807) is 26.6 Å². The molecule has 5 heteroatoms. The Morgan fingerprint density at radius 2 is 2.53 bits per heavy atom. The van der Waals surface area contributed by atoms with Crippen LogP contribution in [0.15, 0.2) is 19.1 Å². The molecule has 0 aliphatic heterocycles. The molecule has 0 bridgehead atoms. The number of hydrogen-bond donors (Lipinski definition) is 2. The highest BCUT2D eigenvalue weighted by Crippen LogP contribution is 2.14. The van der Waals surface area contributed by atoms with Crippen LogP contribution in [0.5, 0.6) is 0 Å². The lowest BCUT2D eigenvalue weighted by Gasteiger charge is -2.08. The quantitative estimate of drug-likeness (QED) is 0.696. The van der Waals surface area contributed by atoms with Gasteiger partial charge >= 0.3 is 0 Å². The molecule has 0 radical (unpaired) electrons. The van der Waals surface area contributed by atoms with E-state index in [-0.39, 0.29) is 0 Å². The molecule has 1 heterocycles. The molecule has 1 rings (SSSR count). The third kappa shape index (κ3) is 2.66. The van der Waals surface area contributed by atoms with Crippen LogP contribution in [0, 0.1) is 5.41 Å². The molecule has 82 valence electrons. The normalized spacial score (nSPS) is 10.0. The molecular weight excluding hydrogens is 192 g/mol. The van der Waals surface area contributed by atoms with Crippen molar-refractivity contribution in [1.29, 1.82) is 5.41 Å². The van der Waals surface area contributed by atoms with Gasteiger partial charge in [0, 0.05) is 13.7 Å². The minimum absolute atomic E-state index is 0.426. The van der Waals surface area contributed by atoms with Crippen LogP contribution in [0.1, 0.15) is 12.6 Å². The number of imidazole rings is 1. The maximum atomic E-state index is 7.56. The van der Waals surface area contributed by atoms with Crippen molar-refractivity contribution in [1.82, 2.24) is 9.55 Å². The van der Waals surface area contributed by atoms with Crippen molar-refractivity contribution in [2.75, 3.05) is 19.0 Å². The maximum Gasteiger partial charge on any atom is 0.139 e. The molecule has 5 nitrogen and oxygen atoms in total. The lowest BCUT2D eigenvalue weighted by Crippen LogP contribution is -2.08. The van der Waals surface area contributed by atoms with E-state index >= 15 is 0 Å². The predicted octanol–water partition coefficient (Wildman–Crippen LogP) is 1.47. The first kappa shape index (κ1) is 11.5. The van der Waals surface area contributed by atoms with Crippen molar-refractivity contribution in [3.05, 3.63) is 24.8 Å². The van der Waals surface area contributed by atoms with Gasteiger partial charge in [-0.3, -0.25) is 0 Å². The van der Waals surface area contributed by atoms with Gasteiger partial charge in [-0.1, -0.05) is 6.58 Å². The summed E-state index contributed by atoms with van der Waals surface area (Å²) in [5, 5.41) is 10.5. The van der Waals surface area contributed by atoms with E-state index in [0.717, 1.165) is 5.82 Å². The Morgan fingerprint density at radius 3 is 3.07 bits per heavy atom. The Morgan fingerprint density at radius 1 is 1.80 bits per heavy atom. The molecule has 0 spiro atoms. The zero-order valence-electron chi connectivity index (χ0n) is 9.08. The zero-order chi connectivity index (χ0) is 11.3. The fraction of sp³-hybridized carbons (Fsp3) is 0.400. The van der Waals surface area contributed by atoms with Crippen molar-refractivity contribution in [2.45, 2.75) is 13.5 Å². The first-order chi connectivity index (χ1) is 7.20. The number of anilines is 1. The third-order valence-electron chi connectivity index (χ3n) is 1.97. The van der Waals surface area contributed by atoms with Gasteiger partial charge in [0.05, 0.1) is 18.6 Å². The summed E-state index contributed by atoms with van der Waals surface area (Å²) < 4.78 is 6.89. The molecule has 0 aromatic carbocycles. The van der Waals surface area contributed by atoms with E-state index in [4.69, 9.17) is 10.1 Å². The smallest absolute Gasteiger partial charge is 0.139 e. The van der Waals surface area contributed by atoms with Gasteiger partial charge in [0.2, 0.25) is 0 Å². The fourth-order valence-corrected chi connectivity index (χ4v) is 1.26. The molecule has 0 saturated heterocycles. The summed E-state index contributed by atoms with van der Waals surface area (Å²) in [4.78, 5) is 4.16. The molecular formula is C10H16N4O. The second-order valence-corrected chi connectivity index (χ2v) is 3.10. The largest absolute Gasteiger partial charge is 0.383 e. The first-order valence-electron chi connectivity index (χ1n) is 4.67. The Labute approximate surface area is 89.3 Å². The van der Waals surface area contributed by atoms with Crippen molar-refractivity contribution in [2.24, 2.45) is 0 Å². The van der Waals surface area contributed by atoms with Crippen LogP contribution in [0.4, 0.5) is 5.82 Å². The summed E-state index contributed by atoms with van der Waals surface area (Å²) >= 11 is 0. The maximum absolute atomic E-state index is 7.56. The van der Waals surface area contributed by atoms with Crippen molar-refractivity contribution in [3.8, 4) is 0 Å². The van der Waals surface area contributed by atoms with Crippen LogP contribution in [-0.4, -0.2) is 29.0 Å². The summed E-state index contributed by atoms with van der Waals surface area (Å²) in [7, 11) is 1.65. The second kappa shape index (κ2) is 5.31. The standard InChI is InChI=1S/C10H16N4O/c1-4-12-10-9(8(2)11)13-7-14(10)5-6-15-3/h4,7,11-12H,1,5-6H2,2-3H3. The van der Waals surface area contributed by atoms with Gasteiger partial charge in [0.15, 0.2) is 0 Å². The van der Waals surface area contributed by atoms with Crippen molar-refractivity contribution in [3.63, 3.8) is 0 Å². The summed E-state index contributed by atoms with van der Waals surface area (Å²) in [6, 6.07) is 0. The molecule has 0 amide bonds. The van der Waals surface area contributed by atoms with Crippen LogP contribution in [0.2, 0.25) is 0 Å². The molecule has 0 atom stereocenters. The highest BCUT2D eigenvalue weighted by atomic mass is 16.5. The Kier molecular flexibility index (Phi) is 4.05. The van der Waals surface area contributed by atoms with Crippen molar-refractivity contribution < 1.29 is 4.74 Å². The number of hydrogen-bond acceptors (Lipinski definition) is 4. The molecule has 0 saturated carbocycles. The highest BCUT2D eigenvalue weighted by molar-refractivity contribution is 5.98. The average Bonchev–Trinajstić information content (AvgIpc) is 2.59. The average molecular weight is 208 g/mol. The summed E-state index contributed by atoms with van der Waals surface area (Å²) in [5.74, 6) is 0.787. The predicted molar refractivity (Wildman–Crippen MR) is 60.4 cm³/mol. The zero-order valence-corrected chi connectivity index (χ0v) is 9.08. The second-order valence-electron chi connectivity index (χ2n) is 3.10. The molecule has 1 aromatic heterocycles. The molecule has 0 fully saturated rings. The van der Waals surface area contributed by atoms with Crippen molar-refractivity contribution >= 4 is 11.5 Å². The van der Waals surface area contributed by atoms with Gasteiger partial charge in [-0.2, -0.15) is 0 Å². The Bertz CT molecular complexity index is 356. The van der Waals surface area contributed by atoms with Gasteiger partial charge in [-0.05, 0) is 13.1 Å². The van der Waals surface area contributed by atoms with Crippen LogP contribution in [0.3, 0.4) is 0 Å². The minimum Gasteiger partial charge on any atom is -0.383 e. The lowest BCUT2D eigenvalue weighted by molar-refractivity contribution is 0.187. The topological polar surface area (TPSA) is 62.9 Å². The van der Waals surface area contributed by atoms with Crippen LogP contribution in [0.25, 0.3) is 0 Å². The fourth-order valence-electron chi connectivity index (χ4n) is 1.26. The van der Waals surface area contributed by atoms with E-state index in [1.807, 2.05) is 4.57 Å². The molecule has 0 aliphatic carbocycles. The van der Waals surface area contributed by atoms with Gasteiger partial charge < -0.3 is 20.0 Å². The highest BCUT2D eigenvalue weighted by Gasteiger charge is 2.10. The van der Waals surface area contributed by atoms with Gasteiger partial charge in [-0.25, -0.2) is 4.98 Å². The van der Waals surface area contributed by atoms with E-state index in [9.17, 15) is 0 Å². The number of ether oxygens (including phenoxy) is 1. The minimum atomic E-state index is 0.426. The molecule has 0 unspecified atom stereocenters. The lowest BCUT2D eigenvalue weighted by atomic mass is 10.3. The van der Waals surface area contributed by atoms with Gasteiger partial charge in [0.1, 0.15) is 11.5 Å². The van der Waals surface area contributed by atoms with Crippen LogP contribution < -0.4 is 5.32 Å². The monoisotopic (exact) mass is 208 g/mol. The summed E-state index contributed by atoms with van der Waals surface area (Å²) in [6.07, 6.45) is 3.27. The molecule has 0 aliphatic rings. The van der Waals surface area contributed by atoms with E-state index in [2.05, 4.69) is 16.9 Å². The number of aromatic nitrogens is 2. The Hall–Kier alpha value is -1.62. The van der Waals surface area contributed by atoms with Crippen LogP contribution >= 0.6 is 0 Å². The number of nitrogens with one attached hydrogen (secondary N) is 2. The third-order valence-corrected chi connectivity index (χ3v) is 1.97. The van der Waals surface area contributed by atoms with Gasteiger partial charge in [0.25, 0.3) is 0 Å². The molecule has 1 aromatic rings. The first-order valence-corrected chi connectivity index (χ1v) is 4.67. The number of nitrogens with zero attached hydrogens (tertiary/aromatic N) is 2. The molecule has 2 N–H and O–H groups in total. The van der Waals surface area contributed by atoms with Crippen LogP contribution in [-0.2, 0) is 11.3 Å². The SMILES string of the molecule is C=CNc1c(C(C)=N)ncn1CCOC. The summed E-state index contributed by atoms with van der Waals surface area (Å²) in [5.41, 5.74) is 1.07. The number of methoxy groups -OCH3 is 1. The number of rotatable bonds is 6. The molecule has 15 heavy (non-hydrogen) atoms. The van der Waals surface area contributed by atoms with Gasteiger partial charge in [-0.15, -0.1) is 0 Å². The summed E-state index contributed by atoms with van der Waals surface area (Å²) in [6.45, 7) is 6.62. The van der Waals surface area contributed by atoms with E-state index in [0.29, 0.717) is 24.6 Å². The Balaban J connectivity index is 2.94. The van der Waals surface area contributed by atoms with E-state index < -0.39 is 0 Å².